The summed E-state index contributed by atoms with van der Waals surface area (Å²) in [5, 5.41) is 2.42. The molecule has 1 aromatic carbocycles. The van der Waals surface area contributed by atoms with E-state index in [1.165, 1.54) is 10.8 Å². The van der Waals surface area contributed by atoms with Gasteiger partial charge in [-0.3, -0.25) is 0 Å². The molecule has 0 saturated carbocycles. The van der Waals surface area contributed by atoms with E-state index in [4.69, 9.17) is 5.73 Å². The van der Waals surface area contributed by atoms with Crippen molar-refractivity contribution in [3.8, 4) is 0 Å². The van der Waals surface area contributed by atoms with Gasteiger partial charge in [0, 0.05) is 31.2 Å². The molecule has 0 spiro atoms. The Morgan fingerprint density at radius 2 is 1.89 bits per heavy atom. The van der Waals surface area contributed by atoms with Gasteiger partial charge in [-0.25, -0.2) is 4.98 Å². The number of fused-ring (bicyclic) bond motifs is 1. The van der Waals surface area contributed by atoms with Crippen LogP contribution in [0.1, 0.15) is 26.3 Å². The third kappa shape index (κ3) is 2.87. The molecule has 0 bridgehead atoms. The highest BCUT2D eigenvalue weighted by Gasteiger charge is 2.13. The summed E-state index contributed by atoms with van der Waals surface area (Å²) in [5.74, 6) is 1.69. The van der Waals surface area contributed by atoms with E-state index < -0.39 is 0 Å². The molecule has 0 fully saturated rings. The normalized spacial score (nSPS) is 11.2. The van der Waals surface area contributed by atoms with E-state index in [2.05, 4.69) is 54.9 Å². The summed E-state index contributed by atoms with van der Waals surface area (Å²) in [6, 6.07) is 8.40. The Balaban J connectivity index is 2.54. The van der Waals surface area contributed by atoms with Crippen LogP contribution in [-0.2, 0) is 6.54 Å². The van der Waals surface area contributed by atoms with E-state index in [0.717, 1.165) is 24.5 Å². The Hall–Kier alpha value is -1.61. The first-order valence-electron chi connectivity index (χ1n) is 6.99. The predicted molar refractivity (Wildman–Crippen MR) is 82.4 cm³/mol. The van der Waals surface area contributed by atoms with E-state index in [-0.39, 0.29) is 0 Å². The van der Waals surface area contributed by atoms with Crippen LogP contribution in [0.2, 0.25) is 0 Å². The molecule has 2 rings (SSSR count). The van der Waals surface area contributed by atoms with Gasteiger partial charge >= 0.3 is 0 Å². The molecule has 3 nitrogen and oxygen atoms in total. The van der Waals surface area contributed by atoms with Crippen molar-refractivity contribution < 1.29 is 0 Å². The van der Waals surface area contributed by atoms with Crippen molar-refractivity contribution in [2.75, 3.05) is 18.0 Å². The fourth-order valence-corrected chi connectivity index (χ4v) is 2.46. The molecule has 19 heavy (non-hydrogen) atoms. The molecule has 0 aliphatic carbocycles. The van der Waals surface area contributed by atoms with E-state index in [0.29, 0.717) is 12.5 Å². The molecular formula is C16H23N3. The maximum atomic E-state index is 5.80. The third-order valence-corrected chi connectivity index (χ3v) is 3.34. The van der Waals surface area contributed by atoms with E-state index in [9.17, 15) is 0 Å². The Morgan fingerprint density at radius 1 is 1.21 bits per heavy atom. The highest BCUT2D eigenvalue weighted by atomic mass is 15.2. The maximum Gasteiger partial charge on any atom is 0.136 e. The quantitative estimate of drug-likeness (QED) is 0.894. The monoisotopic (exact) mass is 257 g/mol. The van der Waals surface area contributed by atoms with Gasteiger partial charge in [-0.05, 0) is 23.8 Å². The summed E-state index contributed by atoms with van der Waals surface area (Å²) in [4.78, 5) is 6.99. The first kappa shape index (κ1) is 13.8. The van der Waals surface area contributed by atoms with Crippen LogP contribution in [0.4, 0.5) is 5.82 Å². The number of rotatable bonds is 5. The number of hydrogen-bond acceptors (Lipinski definition) is 3. The van der Waals surface area contributed by atoms with Gasteiger partial charge in [0.1, 0.15) is 5.82 Å². The summed E-state index contributed by atoms with van der Waals surface area (Å²) in [6.07, 6.45) is 1.92. The smallest absolute Gasteiger partial charge is 0.136 e. The lowest BCUT2D eigenvalue weighted by Crippen LogP contribution is -2.28. The van der Waals surface area contributed by atoms with Gasteiger partial charge < -0.3 is 10.6 Å². The molecule has 1 aromatic heterocycles. The standard InChI is InChI=1S/C16H23N3/c1-4-19(11-12(2)3)16-15-8-6-5-7-14(15)13(9-17)10-18-16/h5-8,10,12H,4,9,11,17H2,1-3H3. The maximum absolute atomic E-state index is 5.80. The summed E-state index contributed by atoms with van der Waals surface area (Å²) < 4.78 is 0. The van der Waals surface area contributed by atoms with Crippen molar-refractivity contribution in [1.82, 2.24) is 4.98 Å². The molecule has 0 radical (unpaired) electrons. The molecule has 0 unspecified atom stereocenters. The Kier molecular flexibility index (Phi) is 4.38. The van der Waals surface area contributed by atoms with Crippen LogP contribution < -0.4 is 10.6 Å². The fraction of sp³-hybridized carbons (Fsp3) is 0.438. The lowest BCUT2D eigenvalue weighted by molar-refractivity contribution is 0.616. The average molecular weight is 257 g/mol. The van der Waals surface area contributed by atoms with Crippen LogP contribution in [0, 0.1) is 5.92 Å². The van der Waals surface area contributed by atoms with Gasteiger partial charge in [-0.1, -0.05) is 38.1 Å². The molecule has 0 saturated heterocycles. The van der Waals surface area contributed by atoms with Crippen LogP contribution in [0.25, 0.3) is 10.8 Å². The lowest BCUT2D eigenvalue weighted by atomic mass is 10.1. The van der Waals surface area contributed by atoms with Crippen molar-refractivity contribution in [3.05, 3.63) is 36.0 Å². The number of aromatic nitrogens is 1. The zero-order valence-corrected chi connectivity index (χ0v) is 12.1. The van der Waals surface area contributed by atoms with Crippen molar-refractivity contribution in [2.45, 2.75) is 27.3 Å². The van der Waals surface area contributed by atoms with Crippen LogP contribution in [0.15, 0.2) is 30.5 Å². The van der Waals surface area contributed by atoms with Gasteiger partial charge in [-0.2, -0.15) is 0 Å². The number of anilines is 1. The minimum atomic E-state index is 0.532. The lowest BCUT2D eigenvalue weighted by Gasteiger charge is -2.25. The average Bonchev–Trinajstić information content (AvgIpc) is 2.43. The second kappa shape index (κ2) is 6.02. The molecular weight excluding hydrogens is 234 g/mol. The van der Waals surface area contributed by atoms with E-state index in [1.807, 2.05) is 6.20 Å². The molecule has 0 aliphatic heterocycles. The Labute approximate surface area is 115 Å². The van der Waals surface area contributed by atoms with Gasteiger partial charge in [0.15, 0.2) is 0 Å². The number of nitrogens with two attached hydrogens (primary N) is 1. The molecule has 102 valence electrons. The fourth-order valence-electron chi connectivity index (χ4n) is 2.46. The van der Waals surface area contributed by atoms with Gasteiger partial charge in [0.2, 0.25) is 0 Å². The van der Waals surface area contributed by atoms with E-state index in [1.54, 1.807) is 0 Å². The molecule has 2 aromatic rings. The van der Waals surface area contributed by atoms with Crippen molar-refractivity contribution >= 4 is 16.6 Å². The van der Waals surface area contributed by atoms with Gasteiger partial charge in [-0.15, -0.1) is 0 Å². The highest BCUT2D eigenvalue weighted by molar-refractivity contribution is 5.94. The van der Waals surface area contributed by atoms with Crippen molar-refractivity contribution in [2.24, 2.45) is 11.7 Å². The van der Waals surface area contributed by atoms with Crippen LogP contribution in [-0.4, -0.2) is 18.1 Å². The SMILES string of the molecule is CCN(CC(C)C)c1ncc(CN)c2ccccc12. The predicted octanol–water partition coefficient (Wildman–Crippen LogP) is 3.18. The Bertz CT molecular complexity index is 549. The first-order chi connectivity index (χ1) is 9.17. The van der Waals surface area contributed by atoms with Crippen LogP contribution >= 0.6 is 0 Å². The third-order valence-electron chi connectivity index (χ3n) is 3.34. The molecule has 3 heteroatoms. The summed E-state index contributed by atoms with van der Waals surface area (Å²) >= 11 is 0. The topological polar surface area (TPSA) is 42.2 Å². The number of hydrogen-bond donors (Lipinski definition) is 1. The first-order valence-corrected chi connectivity index (χ1v) is 6.99. The van der Waals surface area contributed by atoms with Crippen LogP contribution in [0.5, 0.6) is 0 Å². The summed E-state index contributed by atoms with van der Waals surface area (Å²) in [5.41, 5.74) is 6.91. The second-order valence-electron chi connectivity index (χ2n) is 5.29. The van der Waals surface area contributed by atoms with Crippen LogP contribution in [0.3, 0.4) is 0 Å². The number of nitrogens with zero attached hydrogens (tertiary/aromatic N) is 2. The summed E-state index contributed by atoms with van der Waals surface area (Å²) in [7, 11) is 0. The number of pyridine rings is 1. The minimum Gasteiger partial charge on any atom is -0.356 e. The van der Waals surface area contributed by atoms with Crippen molar-refractivity contribution in [3.63, 3.8) is 0 Å². The molecule has 0 amide bonds. The number of benzene rings is 1. The summed E-state index contributed by atoms with van der Waals surface area (Å²) in [6.45, 7) is 9.17. The molecule has 0 atom stereocenters. The zero-order chi connectivity index (χ0) is 13.8. The molecule has 1 heterocycles. The molecule has 2 N–H and O–H groups in total. The molecule has 0 aliphatic rings. The Morgan fingerprint density at radius 3 is 2.47 bits per heavy atom. The van der Waals surface area contributed by atoms with Gasteiger partial charge in [0.25, 0.3) is 0 Å². The largest absolute Gasteiger partial charge is 0.356 e. The van der Waals surface area contributed by atoms with Crippen molar-refractivity contribution in [1.29, 1.82) is 0 Å². The highest BCUT2D eigenvalue weighted by Crippen LogP contribution is 2.27. The minimum absolute atomic E-state index is 0.532. The zero-order valence-electron chi connectivity index (χ0n) is 12.1. The second-order valence-corrected chi connectivity index (χ2v) is 5.29. The van der Waals surface area contributed by atoms with Gasteiger partial charge in [0.05, 0.1) is 0 Å². The van der Waals surface area contributed by atoms with E-state index >= 15 is 0 Å².